The summed E-state index contributed by atoms with van der Waals surface area (Å²) in [4.78, 5) is 16.9. The summed E-state index contributed by atoms with van der Waals surface area (Å²) in [6.07, 6.45) is 8.27. The first-order valence-corrected chi connectivity index (χ1v) is 16.5. The highest BCUT2D eigenvalue weighted by Gasteiger charge is 2.10. The molecule has 0 unspecified atom stereocenters. The van der Waals surface area contributed by atoms with Crippen LogP contribution in [0.4, 0.5) is 5.69 Å². The summed E-state index contributed by atoms with van der Waals surface area (Å²) in [6, 6.07) is 36.9. The van der Waals surface area contributed by atoms with Crippen LogP contribution in [0, 0.1) is 0 Å². The molecule has 1 N–H and O–H groups in total. The number of hydrogen-bond acceptors (Lipinski definition) is 7. The Morgan fingerprint density at radius 1 is 0.489 bits per heavy atom. The molecule has 0 saturated heterocycles. The summed E-state index contributed by atoms with van der Waals surface area (Å²) >= 11 is 3.60. The van der Waals surface area contributed by atoms with Gasteiger partial charge in [-0.3, -0.25) is 19.9 Å². The molecule has 0 aliphatic carbocycles. The average molecular weight is 620 g/mol. The van der Waals surface area contributed by atoms with Gasteiger partial charge in [0.1, 0.15) is 0 Å². The Balaban J connectivity index is 0.0000000995. The number of thiophene rings is 2. The highest BCUT2D eigenvalue weighted by molar-refractivity contribution is 7.22. The molecule has 5 nitrogen and oxygen atoms in total. The molecule has 9 aromatic rings. The molecule has 0 saturated carbocycles. The summed E-state index contributed by atoms with van der Waals surface area (Å²) in [5.41, 5.74) is 6.86. The minimum absolute atomic E-state index is 0.949. The molecule has 0 fully saturated rings. The van der Waals surface area contributed by atoms with Gasteiger partial charge >= 0.3 is 0 Å². The van der Waals surface area contributed by atoms with Crippen LogP contribution in [0.1, 0.15) is 5.56 Å². The van der Waals surface area contributed by atoms with Crippen LogP contribution in [0.15, 0.2) is 145 Å². The van der Waals surface area contributed by atoms with Crippen molar-refractivity contribution in [2.45, 2.75) is 6.42 Å². The van der Waals surface area contributed by atoms with E-state index in [1.54, 1.807) is 35.1 Å². The van der Waals surface area contributed by atoms with Crippen LogP contribution < -0.4 is 5.32 Å². The molecule has 218 valence electrons. The first-order chi connectivity index (χ1) is 22.3. The first-order valence-electron chi connectivity index (χ1n) is 14.7. The third kappa shape index (κ3) is 6.36. The van der Waals surface area contributed by atoms with E-state index in [0.717, 1.165) is 28.6 Å². The number of para-hydroxylation sites is 4. The predicted octanol–water partition coefficient (Wildman–Crippen LogP) is 10.2. The van der Waals surface area contributed by atoms with Gasteiger partial charge in [0, 0.05) is 68.0 Å². The molecule has 1 aliphatic rings. The Morgan fingerprint density at radius 2 is 1.07 bits per heavy atom. The van der Waals surface area contributed by atoms with E-state index >= 15 is 0 Å². The maximum Gasteiger partial charge on any atom is 0.0886 e. The molecule has 10 rings (SSSR count). The number of hydrogen-bond donors (Lipinski definition) is 1. The number of nitrogens with one attached hydrogen (secondary N) is 1. The summed E-state index contributed by atoms with van der Waals surface area (Å²) < 4.78 is 2.72. The third-order valence-electron chi connectivity index (χ3n) is 7.50. The van der Waals surface area contributed by atoms with Crippen molar-refractivity contribution in [3.8, 4) is 0 Å². The van der Waals surface area contributed by atoms with Crippen molar-refractivity contribution in [2.24, 2.45) is 0 Å². The summed E-state index contributed by atoms with van der Waals surface area (Å²) in [7, 11) is 0. The van der Waals surface area contributed by atoms with Crippen LogP contribution in [0.25, 0.3) is 53.0 Å². The van der Waals surface area contributed by atoms with Gasteiger partial charge in [-0.25, -0.2) is 0 Å². The fourth-order valence-electron chi connectivity index (χ4n) is 5.37. The quantitative estimate of drug-likeness (QED) is 0.183. The van der Waals surface area contributed by atoms with Crippen molar-refractivity contribution in [3.05, 3.63) is 150 Å². The van der Waals surface area contributed by atoms with Gasteiger partial charge in [0.2, 0.25) is 0 Å². The topological polar surface area (TPSA) is 63.6 Å². The van der Waals surface area contributed by atoms with E-state index in [1.165, 1.54) is 48.6 Å². The first kappa shape index (κ1) is 28.5. The fourth-order valence-corrected chi connectivity index (χ4v) is 7.30. The zero-order valence-electron chi connectivity index (χ0n) is 24.4. The van der Waals surface area contributed by atoms with E-state index in [4.69, 9.17) is 0 Å². The lowest BCUT2D eigenvalue weighted by Crippen LogP contribution is -1.90. The van der Waals surface area contributed by atoms with Crippen LogP contribution in [0.2, 0.25) is 0 Å². The number of rotatable bonds is 0. The van der Waals surface area contributed by atoms with Crippen molar-refractivity contribution in [2.75, 3.05) is 11.9 Å². The van der Waals surface area contributed by atoms with Crippen molar-refractivity contribution in [1.29, 1.82) is 0 Å². The van der Waals surface area contributed by atoms with Crippen LogP contribution >= 0.6 is 22.7 Å². The SMILES string of the molecule is c1ccc2c(c1)CCN2.c1ccc2ncccc2c1.c1ccc2nccnc2c1.c1cnc2c(c1)c1sccc1c1sccc21. The largest absolute Gasteiger partial charge is 0.384 e. The lowest BCUT2D eigenvalue weighted by Gasteiger charge is -2.01. The molecule has 1 aliphatic heterocycles. The van der Waals surface area contributed by atoms with Gasteiger partial charge in [-0.15, -0.1) is 22.7 Å². The number of nitrogens with zero attached hydrogens (tertiary/aromatic N) is 4. The fraction of sp³-hybridized carbons (Fsp3) is 0.0526. The molecule has 0 amide bonds. The number of benzene rings is 4. The lowest BCUT2D eigenvalue weighted by molar-refractivity contribution is 1.11. The standard InChI is InChI=1S/C13H7NS2.C9H7N.C8H6N2.C8H9N/c1-2-8-11(14-5-1)9-3-6-15-13(9)10-4-7-16-12(8)10;1-2-6-9-8(4-1)5-3-7-10-9;1-2-4-8-7(3-1)9-5-6-10-8;1-2-4-8-7(3-1)5-6-9-8/h1-7H;1-7H;1-6H;1-4,9H,5-6H2. The van der Waals surface area contributed by atoms with Gasteiger partial charge in [0.25, 0.3) is 0 Å². The number of pyridine rings is 2. The second-order valence-electron chi connectivity index (χ2n) is 10.3. The summed E-state index contributed by atoms with van der Waals surface area (Å²) in [5, 5.41) is 12.7. The zero-order valence-corrected chi connectivity index (χ0v) is 26.0. The second kappa shape index (κ2) is 13.6. The summed E-state index contributed by atoms with van der Waals surface area (Å²) in [6.45, 7) is 1.11. The monoisotopic (exact) mass is 619 g/mol. The van der Waals surface area contributed by atoms with Gasteiger partial charge < -0.3 is 5.32 Å². The van der Waals surface area contributed by atoms with Crippen molar-refractivity contribution < 1.29 is 0 Å². The molecule has 45 heavy (non-hydrogen) atoms. The van der Waals surface area contributed by atoms with Gasteiger partial charge in [-0.1, -0.05) is 54.6 Å². The molecule has 0 bridgehead atoms. The Hall–Kier alpha value is -5.24. The highest BCUT2D eigenvalue weighted by Crippen LogP contribution is 2.39. The molecular weight excluding hydrogens is 591 g/mol. The van der Waals surface area contributed by atoms with E-state index in [0.29, 0.717) is 0 Å². The molecule has 6 heterocycles. The van der Waals surface area contributed by atoms with Crippen LogP contribution in [-0.4, -0.2) is 26.5 Å². The molecule has 5 aromatic heterocycles. The third-order valence-corrected chi connectivity index (χ3v) is 9.39. The Labute approximate surface area is 268 Å². The van der Waals surface area contributed by atoms with Crippen LogP contribution in [0.5, 0.6) is 0 Å². The van der Waals surface area contributed by atoms with Gasteiger partial charge in [0.15, 0.2) is 0 Å². The second-order valence-corrected chi connectivity index (χ2v) is 12.1. The normalized spacial score (nSPS) is 11.6. The summed E-state index contributed by atoms with van der Waals surface area (Å²) in [5.74, 6) is 0. The zero-order chi connectivity index (χ0) is 30.3. The minimum atomic E-state index is 0.949. The molecule has 0 atom stereocenters. The van der Waals surface area contributed by atoms with E-state index in [2.05, 4.69) is 90.6 Å². The van der Waals surface area contributed by atoms with E-state index in [-0.39, 0.29) is 0 Å². The lowest BCUT2D eigenvalue weighted by atomic mass is 10.1. The molecule has 0 spiro atoms. The number of anilines is 1. The van der Waals surface area contributed by atoms with Gasteiger partial charge in [-0.05, 0) is 77.3 Å². The van der Waals surface area contributed by atoms with Crippen molar-refractivity contribution >= 4 is 81.4 Å². The van der Waals surface area contributed by atoms with Crippen LogP contribution in [-0.2, 0) is 6.42 Å². The van der Waals surface area contributed by atoms with Crippen molar-refractivity contribution in [1.82, 2.24) is 19.9 Å². The molecule has 0 radical (unpaired) electrons. The number of aromatic nitrogens is 4. The average Bonchev–Trinajstić information content (AvgIpc) is 3.91. The maximum absolute atomic E-state index is 4.52. The van der Waals surface area contributed by atoms with E-state index in [9.17, 15) is 0 Å². The molecular formula is C38H29N5S2. The smallest absolute Gasteiger partial charge is 0.0886 e. The predicted molar refractivity (Wildman–Crippen MR) is 192 cm³/mol. The van der Waals surface area contributed by atoms with Crippen LogP contribution in [0.3, 0.4) is 0 Å². The Kier molecular flexibility index (Phi) is 8.62. The van der Waals surface area contributed by atoms with Gasteiger partial charge in [0.05, 0.1) is 22.1 Å². The van der Waals surface area contributed by atoms with E-state index in [1.807, 2.05) is 67.0 Å². The molecule has 7 heteroatoms. The highest BCUT2D eigenvalue weighted by atomic mass is 32.1. The van der Waals surface area contributed by atoms with E-state index < -0.39 is 0 Å². The Morgan fingerprint density at radius 3 is 1.82 bits per heavy atom. The Bertz CT molecular complexity index is 2050. The minimum Gasteiger partial charge on any atom is -0.384 e. The number of fused-ring (bicyclic) bond motifs is 9. The maximum atomic E-state index is 4.52. The van der Waals surface area contributed by atoms with Gasteiger partial charge in [-0.2, -0.15) is 0 Å². The van der Waals surface area contributed by atoms with Crippen molar-refractivity contribution in [3.63, 3.8) is 0 Å². The molecule has 4 aromatic carbocycles.